The van der Waals surface area contributed by atoms with Crippen molar-refractivity contribution in [3.8, 4) is 0 Å². The lowest BCUT2D eigenvalue weighted by atomic mass is 9.86. The van der Waals surface area contributed by atoms with Gasteiger partial charge in [-0.05, 0) is 46.7 Å². The van der Waals surface area contributed by atoms with E-state index in [0.29, 0.717) is 26.2 Å². The number of halogens is 1. The number of rotatable bonds is 6. The summed E-state index contributed by atoms with van der Waals surface area (Å²) in [6, 6.07) is 14.8. The van der Waals surface area contributed by atoms with Crippen LogP contribution in [0.15, 0.2) is 60.2 Å². The van der Waals surface area contributed by atoms with Crippen LogP contribution in [-0.4, -0.2) is 43.3 Å². The largest absolute Gasteiger partial charge is 0.349 e. The van der Waals surface area contributed by atoms with Gasteiger partial charge in [-0.15, -0.1) is 0 Å². The molecule has 33 heavy (non-hydrogen) atoms. The van der Waals surface area contributed by atoms with Crippen molar-refractivity contribution in [2.24, 2.45) is 0 Å². The molecular weight excluding hydrogens is 419 g/mol. The molecule has 2 aromatic carbocycles. The summed E-state index contributed by atoms with van der Waals surface area (Å²) in [6.07, 6.45) is 0.950. The Kier molecular flexibility index (Phi) is 6.98. The summed E-state index contributed by atoms with van der Waals surface area (Å²) in [5.41, 5.74) is 4.34. The predicted octanol–water partition coefficient (Wildman–Crippen LogP) is 4.66. The fourth-order valence-electron chi connectivity index (χ4n) is 4.40. The number of hydrogen-bond donors (Lipinski definition) is 1. The maximum absolute atomic E-state index is 13.7. The number of carbonyl (C=O) groups excluding carboxylic acids is 1. The maximum atomic E-state index is 13.7. The van der Waals surface area contributed by atoms with Gasteiger partial charge in [-0.25, -0.2) is 4.39 Å². The van der Waals surface area contributed by atoms with E-state index in [1.807, 2.05) is 6.92 Å². The Morgan fingerprint density at radius 1 is 1.21 bits per heavy atom. The number of morpholine rings is 1. The lowest BCUT2D eigenvalue weighted by molar-refractivity contribution is -0.228. The highest BCUT2D eigenvalue weighted by Gasteiger charge is 2.36. The minimum atomic E-state index is -0.525. The third-order valence-corrected chi connectivity index (χ3v) is 6.31. The van der Waals surface area contributed by atoms with E-state index in [4.69, 9.17) is 9.47 Å². The molecule has 2 heterocycles. The molecule has 0 bridgehead atoms. The number of hydrogen-bond acceptors (Lipinski definition) is 4. The summed E-state index contributed by atoms with van der Waals surface area (Å²) in [5, 5.41) is 2.83. The van der Waals surface area contributed by atoms with Gasteiger partial charge in [0.15, 0.2) is 6.29 Å². The van der Waals surface area contributed by atoms with Gasteiger partial charge in [-0.1, -0.05) is 57.2 Å². The van der Waals surface area contributed by atoms with E-state index in [1.165, 1.54) is 17.7 Å². The SMILES string of the molecule is C[C@@H](O[C@H]1OCCN(CC2=CC(=O)NC2)[C@H]1c1ccc(F)cc1)c1cccc(C(C)(C)C)c1. The number of amides is 1. The third-order valence-electron chi connectivity index (χ3n) is 6.31. The highest BCUT2D eigenvalue weighted by Crippen LogP contribution is 2.35. The Morgan fingerprint density at radius 2 is 1.97 bits per heavy atom. The van der Waals surface area contributed by atoms with Crippen molar-refractivity contribution in [3.63, 3.8) is 0 Å². The molecule has 3 atom stereocenters. The van der Waals surface area contributed by atoms with E-state index in [0.717, 1.165) is 16.7 Å². The van der Waals surface area contributed by atoms with Crippen molar-refractivity contribution < 1.29 is 18.7 Å². The second-order valence-corrected chi connectivity index (χ2v) is 9.88. The van der Waals surface area contributed by atoms with E-state index in [9.17, 15) is 9.18 Å². The van der Waals surface area contributed by atoms with E-state index in [2.05, 4.69) is 55.3 Å². The number of carbonyl (C=O) groups is 1. The van der Waals surface area contributed by atoms with Gasteiger partial charge in [0.05, 0.1) is 18.8 Å². The van der Waals surface area contributed by atoms with Crippen molar-refractivity contribution in [2.75, 3.05) is 26.2 Å². The maximum Gasteiger partial charge on any atom is 0.244 e. The quantitative estimate of drug-likeness (QED) is 0.693. The number of nitrogens with one attached hydrogen (secondary N) is 1. The Bertz CT molecular complexity index is 1010. The molecule has 2 aliphatic rings. The van der Waals surface area contributed by atoms with Crippen LogP contribution >= 0.6 is 0 Å². The summed E-state index contributed by atoms with van der Waals surface area (Å²) in [5.74, 6) is -0.336. The van der Waals surface area contributed by atoms with Gasteiger partial charge in [0.2, 0.25) is 5.91 Å². The van der Waals surface area contributed by atoms with E-state index in [1.54, 1.807) is 18.2 Å². The van der Waals surface area contributed by atoms with Crippen LogP contribution in [0.4, 0.5) is 4.39 Å². The summed E-state index contributed by atoms with van der Waals surface area (Å²) in [6.45, 7) is 11.0. The Morgan fingerprint density at radius 3 is 2.64 bits per heavy atom. The minimum Gasteiger partial charge on any atom is -0.349 e. The van der Waals surface area contributed by atoms with Crippen molar-refractivity contribution in [2.45, 2.75) is 51.5 Å². The number of nitrogens with zero attached hydrogens (tertiary/aromatic N) is 1. The fourth-order valence-corrected chi connectivity index (χ4v) is 4.40. The van der Waals surface area contributed by atoms with Gasteiger partial charge in [0.25, 0.3) is 0 Å². The molecule has 1 fully saturated rings. The zero-order valence-electron chi connectivity index (χ0n) is 19.8. The Labute approximate surface area is 195 Å². The van der Waals surface area contributed by atoms with Crippen LogP contribution in [0.5, 0.6) is 0 Å². The molecule has 176 valence electrons. The van der Waals surface area contributed by atoms with Crippen LogP contribution in [-0.2, 0) is 19.7 Å². The van der Waals surface area contributed by atoms with Gasteiger partial charge < -0.3 is 14.8 Å². The van der Waals surface area contributed by atoms with Gasteiger partial charge in [0.1, 0.15) is 5.82 Å². The summed E-state index contributed by atoms with van der Waals surface area (Å²) in [4.78, 5) is 13.9. The van der Waals surface area contributed by atoms with E-state index < -0.39 is 6.29 Å². The van der Waals surface area contributed by atoms with Gasteiger partial charge in [-0.2, -0.15) is 0 Å². The molecule has 0 spiro atoms. The number of ether oxygens (including phenoxy) is 2. The minimum absolute atomic E-state index is 0.0466. The highest BCUT2D eigenvalue weighted by atomic mass is 19.1. The van der Waals surface area contributed by atoms with Gasteiger partial charge in [-0.3, -0.25) is 9.69 Å². The van der Waals surface area contributed by atoms with Crippen molar-refractivity contribution in [1.29, 1.82) is 0 Å². The molecule has 5 nitrogen and oxygen atoms in total. The zero-order valence-corrected chi connectivity index (χ0v) is 19.8. The lowest BCUT2D eigenvalue weighted by Gasteiger charge is -2.42. The molecule has 0 aliphatic carbocycles. The second-order valence-electron chi connectivity index (χ2n) is 9.88. The standard InChI is InChI=1S/C27H33FN2O3/c1-18(21-6-5-7-22(15-21)27(2,3)4)33-26-25(20-8-10-23(28)11-9-20)30(12-13-32-26)17-19-14-24(31)29-16-19/h5-11,14-15,18,25-26H,12-13,16-17H2,1-4H3,(H,29,31)/t18-,25+,26-/m1/s1. The van der Waals surface area contributed by atoms with Crippen LogP contribution in [0, 0.1) is 5.82 Å². The van der Waals surface area contributed by atoms with E-state index >= 15 is 0 Å². The average molecular weight is 453 g/mol. The summed E-state index contributed by atoms with van der Waals surface area (Å²) < 4.78 is 26.3. The first-order valence-electron chi connectivity index (χ1n) is 11.5. The van der Waals surface area contributed by atoms with Crippen LogP contribution in [0.2, 0.25) is 0 Å². The van der Waals surface area contributed by atoms with Gasteiger partial charge in [0, 0.05) is 25.7 Å². The first-order valence-corrected chi connectivity index (χ1v) is 11.5. The zero-order chi connectivity index (χ0) is 23.6. The molecular formula is C27H33FN2O3. The van der Waals surface area contributed by atoms with Crippen LogP contribution < -0.4 is 5.32 Å². The lowest BCUT2D eigenvalue weighted by Crippen LogP contribution is -2.47. The van der Waals surface area contributed by atoms with Crippen LogP contribution in [0.25, 0.3) is 0 Å². The van der Waals surface area contributed by atoms with Crippen LogP contribution in [0.3, 0.4) is 0 Å². The molecule has 6 heteroatoms. The molecule has 4 rings (SSSR count). The topological polar surface area (TPSA) is 50.8 Å². The van der Waals surface area contributed by atoms with Gasteiger partial charge >= 0.3 is 0 Å². The normalized spacial score (nSPS) is 22.7. The molecule has 1 N–H and O–H groups in total. The monoisotopic (exact) mass is 452 g/mol. The number of benzene rings is 2. The first-order chi connectivity index (χ1) is 15.7. The first kappa shape index (κ1) is 23.6. The van der Waals surface area contributed by atoms with Crippen molar-refractivity contribution in [1.82, 2.24) is 10.2 Å². The second kappa shape index (κ2) is 9.75. The van der Waals surface area contributed by atoms with Crippen LogP contribution in [0.1, 0.15) is 56.5 Å². The van der Waals surface area contributed by atoms with Crippen molar-refractivity contribution in [3.05, 3.63) is 82.7 Å². The molecule has 2 aliphatic heterocycles. The van der Waals surface area contributed by atoms with E-state index in [-0.39, 0.29) is 29.3 Å². The molecule has 1 amide bonds. The molecule has 2 aromatic rings. The average Bonchev–Trinajstić information content (AvgIpc) is 3.19. The smallest absolute Gasteiger partial charge is 0.244 e. The molecule has 0 saturated carbocycles. The molecule has 0 radical (unpaired) electrons. The third kappa shape index (κ3) is 5.69. The predicted molar refractivity (Wildman–Crippen MR) is 126 cm³/mol. The molecule has 0 aromatic heterocycles. The molecule has 0 unspecified atom stereocenters. The Balaban J connectivity index is 1.59. The molecule has 1 saturated heterocycles. The Hall–Kier alpha value is -2.54. The van der Waals surface area contributed by atoms with Crippen molar-refractivity contribution >= 4 is 5.91 Å². The fraction of sp³-hybridized carbons (Fsp3) is 0.444. The summed E-state index contributed by atoms with van der Waals surface area (Å²) >= 11 is 0. The highest BCUT2D eigenvalue weighted by molar-refractivity contribution is 5.91. The summed E-state index contributed by atoms with van der Waals surface area (Å²) in [7, 11) is 0.